The molecular formula is C25H26N4OS. The van der Waals surface area contributed by atoms with Crippen molar-refractivity contribution in [2.24, 2.45) is 11.1 Å². The lowest BCUT2D eigenvalue weighted by Crippen LogP contribution is -2.31. The van der Waals surface area contributed by atoms with E-state index in [-0.39, 0.29) is 11.2 Å². The second-order valence-electron chi connectivity index (χ2n) is 9.26. The van der Waals surface area contributed by atoms with E-state index in [1.54, 1.807) is 6.07 Å². The molecule has 0 atom stereocenters. The zero-order valence-corrected chi connectivity index (χ0v) is 18.7. The monoisotopic (exact) mass is 430 g/mol. The van der Waals surface area contributed by atoms with Gasteiger partial charge in [0.2, 0.25) is 0 Å². The summed E-state index contributed by atoms with van der Waals surface area (Å²) >= 11 is 1.34. The fraction of sp³-hybridized carbons (Fsp3) is 0.360. The fourth-order valence-electron chi connectivity index (χ4n) is 5.23. The van der Waals surface area contributed by atoms with Crippen LogP contribution in [0.1, 0.15) is 65.0 Å². The van der Waals surface area contributed by atoms with Crippen molar-refractivity contribution >= 4 is 28.8 Å². The van der Waals surface area contributed by atoms with Crippen LogP contribution in [-0.4, -0.2) is 28.2 Å². The maximum atomic E-state index is 13.5. The highest BCUT2D eigenvalue weighted by atomic mass is 32.2. The van der Waals surface area contributed by atoms with E-state index in [0.29, 0.717) is 11.5 Å². The van der Waals surface area contributed by atoms with Gasteiger partial charge in [-0.15, -0.1) is 0 Å². The van der Waals surface area contributed by atoms with Crippen LogP contribution in [0.3, 0.4) is 0 Å². The number of nitrogens with two attached hydrogens (primary N) is 1. The summed E-state index contributed by atoms with van der Waals surface area (Å²) in [7, 11) is 0. The van der Waals surface area contributed by atoms with Gasteiger partial charge in [0.1, 0.15) is 0 Å². The Balaban J connectivity index is 1.52. The maximum Gasteiger partial charge on any atom is 0.195 e. The van der Waals surface area contributed by atoms with Gasteiger partial charge in [0.05, 0.1) is 17.2 Å². The molecule has 2 aliphatic rings. The molecule has 5 nitrogen and oxygen atoms in total. The van der Waals surface area contributed by atoms with Crippen molar-refractivity contribution in [3.05, 3.63) is 69.9 Å². The first kappa shape index (κ1) is 20.3. The molecule has 31 heavy (non-hydrogen) atoms. The highest BCUT2D eigenvalue weighted by Gasteiger charge is 2.39. The summed E-state index contributed by atoms with van der Waals surface area (Å²) in [6, 6.07) is 14.1. The molecule has 0 radical (unpaired) electrons. The topological polar surface area (TPSA) is 85.9 Å². The number of carbonyl (C=O) groups excluding carboxylic acids is 1. The van der Waals surface area contributed by atoms with E-state index in [9.17, 15) is 10.1 Å². The van der Waals surface area contributed by atoms with Gasteiger partial charge in [-0.3, -0.25) is 9.93 Å². The van der Waals surface area contributed by atoms with E-state index in [1.807, 2.05) is 18.2 Å². The third kappa shape index (κ3) is 3.28. The van der Waals surface area contributed by atoms with Crippen molar-refractivity contribution in [3.63, 3.8) is 0 Å². The second kappa shape index (κ2) is 7.52. The average Bonchev–Trinajstić information content (AvgIpc) is 3.18. The number of nitrogens with one attached hydrogen (secondary N) is 1. The van der Waals surface area contributed by atoms with Gasteiger partial charge in [-0.2, -0.15) is 5.26 Å². The predicted molar refractivity (Wildman–Crippen MR) is 125 cm³/mol. The Kier molecular flexibility index (Phi) is 4.93. The van der Waals surface area contributed by atoms with Crippen LogP contribution in [0.4, 0.5) is 0 Å². The average molecular weight is 431 g/mol. The minimum Gasteiger partial charge on any atom is -0.357 e. The quantitative estimate of drug-likeness (QED) is 0.589. The van der Waals surface area contributed by atoms with E-state index < -0.39 is 0 Å². The predicted octanol–water partition coefficient (Wildman–Crippen LogP) is 4.69. The van der Waals surface area contributed by atoms with Gasteiger partial charge in [0, 0.05) is 52.8 Å². The lowest BCUT2D eigenvalue weighted by molar-refractivity contribution is 0.103. The number of carbonyl (C=O) groups is 1. The zero-order valence-electron chi connectivity index (χ0n) is 17.9. The number of aromatic amines is 1. The molecule has 0 saturated carbocycles. The van der Waals surface area contributed by atoms with Crippen LogP contribution < -0.4 is 5.14 Å². The minimum absolute atomic E-state index is 0.0695. The number of H-pyrrole nitrogens is 1. The number of ketones is 1. The van der Waals surface area contributed by atoms with Crippen molar-refractivity contribution in [3.8, 4) is 6.07 Å². The van der Waals surface area contributed by atoms with Crippen LogP contribution in [0.15, 0.2) is 36.4 Å². The van der Waals surface area contributed by atoms with Crippen molar-refractivity contribution in [1.82, 2.24) is 9.29 Å². The maximum absolute atomic E-state index is 13.5. The Morgan fingerprint density at radius 2 is 2.00 bits per heavy atom. The van der Waals surface area contributed by atoms with Crippen LogP contribution in [0, 0.1) is 17.2 Å². The van der Waals surface area contributed by atoms with Gasteiger partial charge >= 0.3 is 0 Å². The summed E-state index contributed by atoms with van der Waals surface area (Å²) in [6.45, 7) is 6.42. The summed E-state index contributed by atoms with van der Waals surface area (Å²) in [4.78, 5) is 17.0. The molecule has 1 saturated heterocycles. The third-order valence-electron chi connectivity index (χ3n) is 7.03. The Bertz CT molecular complexity index is 1230. The molecule has 5 rings (SSSR count). The second-order valence-corrected chi connectivity index (χ2v) is 9.99. The van der Waals surface area contributed by atoms with Crippen molar-refractivity contribution in [1.29, 1.82) is 5.26 Å². The molecule has 0 bridgehead atoms. The number of nitrogens with zero attached hydrogens (tertiary/aromatic N) is 2. The van der Waals surface area contributed by atoms with E-state index >= 15 is 0 Å². The number of hydrogen-bond donors (Lipinski definition) is 2. The molecule has 1 aromatic heterocycles. The molecule has 2 heterocycles. The normalized spacial score (nSPS) is 18.6. The molecule has 1 aliphatic heterocycles. The van der Waals surface area contributed by atoms with Crippen LogP contribution >= 0.6 is 12.1 Å². The summed E-state index contributed by atoms with van der Waals surface area (Å²) in [5.74, 6) is 0.719. The van der Waals surface area contributed by atoms with Crippen LogP contribution in [0.25, 0.3) is 10.9 Å². The highest BCUT2D eigenvalue weighted by Crippen LogP contribution is 2.44. The van der Waals surface area contributed by atoms with Gasteiger partial charge in [0.25, 0.3) is 0 Å². The number of aromatic nitrogens is 1. The number of rotatable bonds is 3. The lowest BCUT2D eigenvalue weighted by atomic mass is 9.70. The molecule has 0 unspecified atom stereocenters. The SMILES string of the molecule is CC1(C)c2cc(CC3CCN(SN)CC3)ccc2C(=O)c2c1[nH]c1cc(C#N)ccc21. The first-order valence-electron chi connectivity index (χ1n) is 10.8. The summed E-state index contributed by atoms with van der Waals surface area (Å²) in [5.41, 5.74) is 5.99. The first-order valence-corrected chi connectivity index (χ1v) is 11.6. The minimum atomic E-state index is -0.319. The standard InChI is InChI=1S/C25H26N4OS/c1-25(2)20-12-16(11-15-7-9-29(31-27)10-8-15)3-5-18(20)23(30)22-19-6-4-17(14-26)13-21(19)28-24(22)25/h3-6,12-13,15,28H,7-11,27H2,1-2H3. The first-order chi connectivity index (χ1) is 14.9. The van der Waals surface area contributed by atoms with Crippen molar-refractivity contribution in [2.75, 3.05) is 13.1 Å². The fourth-order valence-corrected chi connectivity index (χ4v) is 5.65. The molecule has 1 fully saturated rings. The van der Waals surface area contributed by atoms with Gasteiger partial charge in [-0.1, -0.05) is 38.1 Å². The zero-order chi connectivity index (χ0) is 21.8. The smallest absolute Gasteiger partial charge is 0.195 e. The number of benzene rings is 2. The van der Waals surface area contributed by atoms with Gasteiger partial charge < -0.3 is 4.98 Å². The van der Waals surface area contributed by atoms with Crippen molar-refractivity contribution in [2.45, 2.75) is 38.5 Å². The number of fused-ring (bicyclic) bond motifs is 4. The molecule has 1 aliphatic carbocycles. The Morgan fingerprint density at radius 1 is 1.23 bits per heavy atom. The van der Waals surface area contributed by atoms with Crippen molar-refractivity contribution < 1.29 is 4.79 Å². The van der Waals surface area contributed by atoms with E-state index in [4.69, 9.17) is 5.14 Å². The highest BCUT2D eigenvalue weighted by molar-refractivity contribution is 7.94. The Hall–Kier alpha value is -2.59. The van der Waals surface area contributed by atoms with Crippen LogP contribution in [0.2, 0.25) is 0 Å². The van der Waals surface area contributed by atoms with E-state index in [2.05, 4.69) is 41.3 Å². The van der Waals surface area contributed by atoms with Gasteiger partial charge in [-0.25, -0.2) is 4.31 Å². The van der Waals surface area contributed by atoms with Gasteiger partial charge in [0.15, 0.2) is 5.78 Å². The Labute approximate surface area is 186 Å². The third-order valence-corrected chi connectivity index (χ3v) is 7.69. The number of hydrogen-bond acceptors (Lipinski definition) is 5. The number of nitriles is 1. The molecule has 0 spiro atoms. The Morgan fingerprint density at radius 3 is 2.71 bits per heavy atom. The number of piperidine rings is 1. The lowest BCUT2D eigenvalue weighted by Gasteiger charge is -2.33. The van der Waals surface area contributed by atoms with E-state index in [0.717, 1.165) is 65.6 Å². The molecule has 158 valence electrons. The molecule has 3 aromatic rings. The van der Waals surface area contributed by atoms with E-state index in [1.165, 1.54) is 17.7 Å². The molecule has 6 heteroatoms. The van der Waals surface area contributed by atoms with Gasteiger partial charge in [-0.05, 0) is 48.4 Å². The molecule has 3 N–H and O–H groups in total. The molecular weight excluding hydrogens is 404 g/mol. The largest absolute Gasteiger partial charge is 0.357 e. The summed E-state index contributed by atoms with van der Waals surface area (Å²) < 4.78 is 2.22. The summed E-state index contributed by atoms with van der Waals surface area (Å²) in [5, 5.41) is 15.8. The molecule has 2 aromatic carbocycles. The molecule has 0 amide bonds. The van der Waals surface area contributed by atoms with Crippen LogP contribution in [0.5, 0.6) is 0 Å². The van der Waals surface area contributed by atoms with Crippen LogP contribution in [-0.2, 0) is 11.8 Å². The summed E-state index contributed by atoms with van der Waals surface area (Å²) in [6.07, 6.45) is 3.33.